The van der Waals surface area contributed by atoms with Gasteiger partial charge in [-0.1, -0.05) is 0 Å². The fraction of sp³-hybridized carbons (Fsp3) is 0.321. The molecular formula is C28H30FN5O2. The summed E-state index contributed by atoms with van der Waals surface area (Å²) >= 11 is 0. The summed E-state index contributed by atoms with van der Waals surface area (Å²) in [6.45, 7) is 1.15. The summed E-state index contributed by atoms with van der Waals surface area (Å²) in [5, 5.41) is 3.21. The van der Waals surface area contributed by atoms with Gasteiger partial charge in [0, 0.05) is 43.5 Å². The van der Waals surface area contributed by atoms with Crippen molar-refractivity contribution in [2.24, 2.45) is 7.05 Å². The number of halogens is 1. The predicted octanol–water partition coefficient (Wildman–Crippen LogP) is 6.09. The lowest BCUT2D eigenvalue weighted by Crippen LogP contribution is -2.24. The van der Waals surface area contributed by atoms with Gasteiger partial charge >= 0.3 is 0 Å². The third kappa shape index (κ3) is 5.39. The molecule has 2 aromatic carbocycles. The van der Waals surface area contributed by atoms with Crippen LogP contribution in [0.4, 0.5) is 16.0 Å². The topological polar surface area (TPSA) is 72.3 Å². The van der Waals surface area contributed by atoms with Gasteiger partial charge in [-0.2, -0.15) is 0 Å². The van der Waals surface area contributed by atoms with Crippen molar-refractivity contribution in [2.75, 3.05) is 18.9 Å². The Kier molecular flexibility index (Phi) is 6.95. The number of nitrogens with one attached hydrogen (secondary N) is 1. The Balaban J connectivity index is 1.24. The lowest BCUT2D eigenvalue weighted by Gasteiger charge is -2.18. The number of pyridine rings is 1. The molecule has 1 aliphatic rings. The molecule has 1 N–H and O–H groups in total. The lowest BCUT2D eigenvalue weighted by atomic mass is 10.0. The van der Waals surface area contributed by atoms with E-state index in [1.165, 1.54) is 25.0 Å². The number of nitrogens with zero attached hydrogens (tertiary/aromatic N) is 4. The maximum absolute atomic E-state index is 13.2. The normalized spacial score (nSPS) is 15.9. The van der Waals surface area contributed by atoms with Gasteiger partial charge in [0.05, 0.1) is 11.0 Å². The highest BCUT2D eigenvalue weighted by Crippen LogP contribution is 2.28. The molecule has 0 saturated carbocycles. The maximum Gasteiger partial charge on any atom is 0.208 e. The molecule has 186 valence electrons. The number of imidazole rings is 1. The number of aryl methyl sites for hydroxylation is 1. The average Bonchev–Trinajstić information content (AvgIpc) is 3.42. The second kappa shape index (κ2) is 10.5. The van der Waals surface area contributed by atoms with E-state index in [1.807, 2.05) is 29.8 Å². The zero-order valence-electron chi connectivity index (χ0n) is 20.6. The number of anilines is 2. The van der Waals surface area contributed by atoms with Crippen molar-refractivity contribution >= 4 is 28.5 Å². The number of carbonyl (C=O) groups excluding carboxylic acids is 1. The fourth-order valence-electron chi connectivity index (χ4n) is 4.75. The number of benzene rings is 2. The highest BCUT2D eigenvalue weighted by atomic mass is 19.1. The van der Waals surface area contributed by atoms with Crippen molar-refractivity contribution in [3.8, 4) is 11.5 Å². The van der Waals surface area contributed by atoms with E-state index in [4.69, 9.17) is 4.74 Å². The summed E-state index contributed by atoms with van der Waals surface area (Å²) in [6.07, 6.45) is 6.47. The number of fused-ring (bicyclic) bond motifs is 1. The van der Waals surface area contributed by atoms with Crippen molar-refractivity contribution in [2.45, 2.75) is 38.1 Å². The molecule has 0 bridgehead atoms. The molecule has 4 aromatic rings. The lowest BCUT2D eigenvalue weighted by molar-refractivity contribution is 0.0971. The zero-order chi connectivity index (χ0) is 25.1. The second-order valence-electron chi connectivity index (χ2n) is 9.35. The van der Waals surface area contributed by atoms with Gasteiger partial charge in [0.2, 0.25) is 5.95 Å². The first-order valence-electron chi connectivity index (χ1n) is 12.3. The monoisotopic (exact) mass is 487 g/mol. The Bertz CT molecular complexity index is 1370. The number of hydrogen-bond donors (Lipinski definition) is 1. The summed E-state index contributed by atoms with van der Waals surface area (Å²) < 4.78 is 21.2. The molecule has 1 aliphatic heterocycles. The second-order valence-corrected chi connectivity index (χ2v) is 9.35. The molecule has 1 fully saturated rings. The molecule has 1 unspecified atom stereocenters. The smallest absolute Gasteiger partial charge is 0.208 e. The average molecular weight is 488 g/mol. The highest BCUT2D eigenvalue weighted by molar-refractivity contribution is 5.94. The van der Waals surface area contributed by atoms with Crippen molar-refractivity contribution in [3.63, 3.8) is 0 Å². The minimum atomic E-state index is -0.287. The molecule has 1 saturated heterocycles. The first kappa shape index (κ1) is 23.9. The molecule has 3 heterocycles. The van der Waals surface area contributed by atoms with E-state index in [1.54, 1.807) is 30.5 Å². The zero-order valence-corrected chi connectivity index (χ0v) is 20.6. The van der Waals surface area contributed by atoms with Gasteiger partial charge in [-0.25, -0.2) is 9.37 Å². The molecule has 0 amide bonds. The summed E-state index contributed by atoms with van der Waals surface area (Å²) in [4.78, 5) is 24.0. The van der Waals surface area contributed by atoms with Crippen LogP contribution >= 0.6 is 0 Å². The number of ketones is 1. The van der Waals surface area contributed by atoms with Gasteiger partial charge in [0.1, 0.15) is 23.0 Å². The van der Waals surface area contributed by atoms with Crippen LogP contribution in [0.25, 0.3) is 11.0 Å². The molecule has 0 spiro atoms. The van der Waals surface area contributed by atoms with Gasteiger partial charge < -0.3 is 19.5 Å². The quantitative estimate of drug-likeness (QED) is 0.288. The molecular weight excluding hydrogens is 457 g/mol. The SMILES string of the molecule is CN1CCCC1CCCC(=O)c1cc(Oc2ccc3c(c2)nc(Nc2ccc(F)cc2)n3C)ccn1. The van der Waals surface area contributed by atoms with Crippen molar-refractivity contribution in [1.29, 1.82) is 0 Å². The Labute approximate surface area is 209 Å². The van der Waals surface area contributed by atoms with Gasteiger partial charge in [-0.05, 0) is 81.7 Å². The van der Waals surface area contributed by atoms with Crippen molar-refractivity contribution in [1.82, 2.24) is 19.4 Å². The van der Waals surface area contributed by atoms with Crippen LogP contribution in [0.2, 0.25) is 0 Å². The molecule has 7 nitrogen and oxygen atoms in total. The van der Waals surface area contributed by atoms with E-state index in [-0.39, 0.29) is 11.6 Å². The minimum Gasteiger partial charge on any atom is -0.457 e. The Hall–Kier alpha value is -3.78. The minimum absolute atomic E-state index is 0.0396. The first-order chi connectivity index (χ1) is 17.5. The third-order valence-corrected chi connectivity index (χ3v) is 6.82. The molecule has 0 radical (unpaired) electrons. The van der Waals surface area contributed by atoms with Gasteiger partial charge in [-0.3, -0.25) is 9.78 Å². The largest absolute Gasteiger partial charge is 0.457 e. The predicted molar refractivity (Wildman–Crippen MR) is 139 cm³/mol. The number of carbonyl (C=O) groups is 1. The summed E-state index contributed by atoms with van der Waals surface area (Å²) in [6, 6.07) is 15.8. The number of hydrogen-bond acceptors (Lipinski definition) is 6. The summed E-state index contributed by atoms with van der Waals surface area (Å²) in [7, 11) is 4.07. The molecule has 8 heteroatoms. The van der Waals surface area contributed by atoms with Gasteiger partial charge in [0.25, 0.3) is 0 Å². The maximum atomic E-state index is 13.2. The van der Waals surface area contributed by atoms with Crippen molar-refractivity contribution in [3.05, 3.63) is 72.3 Å². The van der Waals surface area contributed by atoms with E-state index < -0.39 is 0 Å². The number of rotatable bonds is 9. The van der Waals surface area contributed by atoms with E-state index in [0.29, 0.717) is 35.6 Å². The number of aromatic nitrogens is 3. The Morgan fingerprint density at radius 2 is 1.92 bits per heavy atom. The van der Waals surface area contributed by atoms with E-state index in [2.05, 4.69) is 27.2 Å². The highest BCUT2D eigenvalue weighted by Gasteiger charge is 2.21. The van der Waals surface area contributed by atoms with Crippen LogP contribution in [0.5, 0.6) is 11.5 Å². The van der Waals surface area contributed by atoms with E-state index >= 15 is 0 Å². The van der Waals surface area contributed by atoms with E-state index in [0.717, 1.165) is 36.1 Å². The first-order valence-corrected chi connectivity index (χ1v) is 12.3. The van der Waals surface area contributed by atoms with Crippen LogP contribution in [-0.4, -0.2) is 44.9 Å². The van der Waals surface area contributed by atoms with Gasteiger partial charge in [0.15, 0.2) is 5.78 Å². The van der Waals surface area contributed by atoms with Crippen LogP contribution < -0.4 is 10.1 Å². The van der Waals surface area contributed by atoms with Crippen LogP contribution in [0.3, 0.4) is 0 Å². The molecule has 0 aliphatic carbocycles. The summed E-state index contributed by atoms with van der Waals surface area (Å²) in [5.41, 5.74) is 2.85. The molecule has 36 heavy (non-hydrogen) atoms. The van der Waals surface area contributed by atoms with Crippen LogP contribution in [-0.2, 0) is 7.05 Å². The van der Waals surface area contributed by atoms with E-state index in [9.17, 15) is 9.18 Å². The van der Waals surface area contributed by atoms with Crippen LogP contribution in [0, 0.1) is 5.82 Å². The standard InChI is InChI=1S/C28H30FN5O2/c1-33-16-4-6-21(33)5-3-7-27(35)25-18-23(14-15-30-25)36-22-12-13-26-24(17-22)32-28(34(26)2)31-20-10-8-19(29)9-11-20/h8-15,17-18,21H,3-7,16H2,1-2H3,(H,31,32). The number of likely N-dealkylation sites (tertiary alicyclic amines) is 1. The number of ether oxygens (including phenoxy) is 1. The number of Topliss-reactive ketones (excluding diaryl/α,β-unsaturated/α-hetero) is 1. The summed E-state index contributed by atoms with van der Waals surface area (Å²) in [5.74, 6) is 1.56. The van der Waals surface area contributed by atoms with Crippen LogP contribution in [0.1, 0.15) is 42.6 Å². The third-order valence-electron chi connectivity index (χ3n) is 6.82. The van der Waals surface area contributed by atoms with Gasteiger partial charge in [-0.15, -0.1) is 0 Å². The fourth-order valence-corrected chi connectivity index (χ4v) is 4.75. The Morgan fingerprint density at radius 1 is 1.11 bits per heavy atom. The van der Waals surface area contributed by atoms with Crippen LogP contribution in [0.15, 0.2) is 60.8 Å². The molecule has 1 atom stereocenters. The van der Waals surface area contributed by atoms with Crippen molar-refractivity contribution < 1.29 is 13.9 Å². The molecule has 5 rings (SSSR count). The Morgan fingerprint density at radius 3 is 2.69 bits per heavy atom. The molecule has 2 aromatic heterocycles.